The molecule has 0 saturated carbocycles. The third-order valence-corrected chi connectivity index (χ3v) is 1.79. The summed E-state index contributed by atoms with van der Waals surface area (Å²) < 4.78 is 12.8. The molecule has 0 atom stereocenters. The molecule has 0 aromatic heterocycles. The van der Waals surface area contributed by atoms with Crippen molar-refractivity contribution >= 4 is 0 Å². The zero-order valence-corrected chi connectivity index (χ0v) is 7.76. The summed E-state index contributed by atoms with van der Waals surface area (Å²) in [5.41, 5.74) is 0.789. The molecule has 0 radical (unpaired) electrons. The van der Waals surface area contributed by atoms with Gasteiger partial charge < -0.3 is 10.4 Å². The molecular formula is C11H12FNO. The molecular weight excluding hydrogens is 181 g/mol. The van der Waals surface area contributed by atoms with Gasteiger partial charge in [-0.15, -0.1) is 12.3 Å². The number of aromatic hydroxyl groups is 1. The molecule has 1 aromatic rings. The number of terminal acetylenes is 1. The fourth-order valence-electron chi connectivity index (χ4n) is 1.05. The van der Waals surface area contributed by atoms with Crippen molar-refractivity contribution in [1.29, 1.82) is 0 Å². The van der Waals surface area contributed by atoms with Crippen LogP contribution in [0, 0.1) is 18.2 Å². The van der Waals surface area contributed by atoms with Crippen LogP contribution in [0.15, 0.2) is 18.2 Å². The van der Waals surface area contributed by atoms with Gasteiger partial charge in [-0.25, -0.2) is 4.39 Å². The molecule has 3 heteroatoms. The quantitative estimate of drug-likeness (QED) is 0.563. The summed E-state index contributed by atoms with van der Waals surface area (Å²) in [6.45, 7) is 1.26. The molecule has 0 spiro atoms. The molecule has 0 aliphatic heterocycles. The van der Waals surface area contributed by atoms with Gasteiger partial charge in [-0.3, -0.25) is 0 Å². The fourth-order valence-corrected chi connectivity index (χ4v) is 1.05. The van der Waals surface area contributed by atoms with E-state index in [0.717, 1.165) is 5.56 Å². The number of benzene rings is 1. The van der Waals surface area contributed by atoms with Gasteiger partial charge in [-0.1, -0.05) is 6.07 Å². The van der Waals surface area contributed by atoms with Gasteiger partial charge in [0.1, 0.15) is 0 Å². The van der Waals surface area contributed by atoms with E-state index < -0.39 is 5.82 Å². The molecule has 2 N–H and O–H groups in total. The Kier molecular flexibility index (Phi) is 3.96. The van der Waals surface area contributed by atoms with Crippen LogP contribution < -0.4 is 5.32 Å². The Morgan fingerprint density at radius 1 is 1.50 bits per heavy atom. The summed E-state index contributed by atoms with van der Waals surface area (Å²) >= 11 is 0. The van der Waals surface area contributed by atoms with Crippen LogP contribution in [0.5, 0.6) is 5.75 Å². The van der Waals surface area contributed by atoms with Crippen molar-refractivity contribution < 1.29 is 9.50 Å². The minimum atomic E-state index is -0.596. The molecule has 0 aliphatic rings. The highest BCUT2D eigenvalue weighted by atomic mass is 19.1. The van der Waals surface area contributed by atoms with Gasteiger partial charge in [0.25, 0.3) is 0 Å². The first-order chi connectivity index (χ1) is 6.74. The van der Waals surface area contributed by atoms with E-state index in [1.165, 1.54) is 12.1 Å². The maximum atomic E-state index is 12.8. The van der Waals surface area contributed by atoms with Gasteiger partial charge in [0.15, 0.2) is 11.6 Å². The number of phenolic OH excluding ortho intramolecular Hbond substituents is 1. The second-order valence-electron chi connectivity index (χ2n) is 2.92. The minimum absolute atomic E-state index is 0.322. The van der Waals surface area contributed by atoms with E-state index in [4.69, 9.17) is 11.5 Å². The van der Waals surface area contributed by atoms with Crippen LogP contribution in [0.25, 0.3) is 0 Å². The fraction of sp³-hybridized carbons (Fsp3) is 0.273. The third kappa shape index (κ3) is 3.08. The molecule has 0 unspecified atom stereocenters. The van der Waals surface area contributed by atoms with Crippen LogP contribution in [-0.4, -0.2) is 11.7 Å². The van der Waals surface area contributed by atoms with Gasteiger partial charge in [-0.2, -0.15) is 0 Å². The summed E-state index contributed by atoms with van der Waals surface area (Å²) in [4.78, 5) is 0. The maximum absolute atomic E-state index is 12.8. The van der Waals surface area contributed by atoms with Crippen molar-refractivity contribution in [3.05, 3.63) is 29.6 Å². The molecule has 0 amide bonds. The summed E-state index contributed by atoms with van der Waals surface area (Å²) in [7, 11) is 0. The first-order valence-electron chi connectivity index (χ1n) is 4.35. The Labute approximate surface area is 82.8 Å². The zero-order valence-electron chi connectivity index (χ0n) is 7.76. The van der Waals surface area contributed by atoms with Crippen LogP contribution in [0.3, 0.4) is 0 Å². The lowest BCUT2D eigenvalue weighted by molar-refractivity contribution is 0.431. The normalized spacial score (nSPS) is 9.71. The van der Waals surface area contributed by atoms with E-state index >= 15 is 0 Å². The average molecular weight is 193 g/mol. The van der Waals surface area contributed by atoms with E-state index in [2.05, 4.69) is 11.2 Å². The Hall–Kier alpha value is -1.53. The van der Waals surface area contributed by atoms with Gasteiger partial charge in [-0.05, 0) is 17.7 Å². The molecule has 0 aliphatic carbocycles. The second kappa shape index (κ2) is 5.25. The summed E-state index contributed by atoms with van der Waals surface area (Å²) in [6, 6.07) is 4.31. The Bertz CT molecular complexity index is 344. The first kappa shape index (κ1) is 10.6. The standard InChI is InChI=1S/C11H12FNO/c1-2-3-6-13-8-9-4-5-11(14)10(12)7-9/h1,4-5,7,13-14H,3,6,8H2. The second-order valence-corrected chi connectivity index (χ2v) is 2.92. The van der Waals surface area contributed by atoms with E-state index in [1.54, 1.807) is 6.07 Å². The first-order valence-corrected chi connectivity index (χ1v) is 4.35. The number of hydrogen-bond donors (Lipinski definition) is 2. The van der Waals surface area contributed by atoms with Crippen molar-refractivity contribution in [1.82, 2.24) is 5.32 Å². The van der Waals surface area contributed by atoms with Gasteiger partial charge in [0, 0.05) is 19.5 Å². The van der Waals surface area contributed by atoms with Crippen molar-refractivity contribution in [2.24, 2.45) is 0 Å². The average Bonchev–Trinajstić information content (AvgIpc) is 2.18. The maximum Gasteiger partial charge on any atom is 0.165 e. The predicted octanol–water partition coefficient (Wildman–Crippen LogP) is 1.64. The number of phenols is 1. The highest BCUT2D eigenvalue weighted by Gasteiger charge is 2.00. The van der Waals surface area contributed by atoms with Gasteiger partial charge in [0.2, 0.25) is 0 Å². The largest absolute Gasteiger partial charge is 0.505 e. The smallest absolute Gasteiger partial charge is 0.165 e. The van der Waals surface area contributed by atoms with Crippen LogP contribution in [-0.2, 0) is 6.54 Å². The van der Waals surface area contributed by atoms with Crippen LogP contribution in [0.2, 0.25) is 0 Å². The molecule has 0 fully saturated rings. The zero-order chi connectivity index (χ0) is 10.4. The van der Waals surface area contributed by atoms with Crippen LogP contribution in [0.1, 0.15) is 12.0 Å². The van der Waals surface area contributed by atoms with E-state index in [-0.39, 0.29) is 5.75 Å². The third-order valence-electron chi connectivity index (χ3n) is 1.79. The van der Waals surface area contributed by atoms with Crippen molar-refractivity contribution in [3.8, 4) is 18.1 Å². The van der Waals surface area contributed by atoms with Crippen molar-refractivity contribution in [2.45, 2.75) is 13.0 Å². The lowest BCUT2D eigenvalue weighted by atomic mass is 10.2. The van der Waals surface area contributed by atoms with E-state index in [1.807, 2.05) is 0 Å². The molecule has 14 heavy (non-hydrogen) atoms. The SMILES string of the molecule is C#CCCNCc1ccc(O)c(F)c1. The molecule has 0 heterocycles. The molecule has 0 bridgehead atoms. The summed E-state index contributed by atoms with van der Waals surface area (Å²) in [6.07, 6.45) is 5.72. The van der Waals surface area contributed by atoms with Gasteiger partial charge in [0.05, 0.1) is 0 Å². The topological polar surface area (TPSA) is 32.3 Å². The van der Waals surface area contributed by atoms with E-state index in [0.29, 0.717) is 19.5 Å². The minimum Gasteiger partial charge on any atom is -0.505 e. The van der Waals surface area contributed by atoms with Crippen molar-refractivity contribution in [3.63, 3.8) is 0 Å². The van der Waals surface area contributed by atoms with Crippen molar-refractivity contribution in [2.75, 3.05) is 6.54 Å². The van der Waals surface area contributed by atoms with Gasteiger partial charge >= 0.3 is 0 Å². The highest BCUT2D eigenvalue weighted by molar-refractivity contribution is 5.27. The molecule has 74 valence electrons. The lowest BCUT2D eigenvalue weighted by Crippen LogP contribution is -2.14. The molecule has 0 saturated heterocycles. The highest BCUT2D eigenvalue weighted by Crippen LogP contribution is 2.15. The number of halogens is 1. The Balaban J connectivity index is 2.44. The lowest BCUT2D eigenvalue weighted by Gasteiger charge is -2.03. The van der Waals surface area contributed by atoms with Crippen LogP contribution in [0.4, 0.5) is 4.39 Å². The number of rotatable bonds is 4. The number of hydrogen-bond acceptors (Lipinski definition) is 2. The Morgan fingerprint density at radius 2 is 2.29 bits per heavy atom. The molecule has 2 nitrogen and oxygen atoms in total. The summed E-state index contributed by atoms with van der Waals surface area (Å²) in [5, 5.41) is 12.0. The summed E-state index contributed by atoms with van der Waals surface area (Å²) in [5.74, 6) is 1.58. The predicted molar refractivity (Wildman–Crippen MR) is 53.2 cm³/mol. The van der Waals surface area contributed by atoms with E-state index in [9.17, 15) is 4.39 Å². The molecule has 1 rings (SSSR count). The monoisotopic (exact) mass is 193 g/mol. The molecule has 1 aromatic carbocycles. The Morgan fingerprint density at radius 3 is 2.93 bits per heavy atom. The number of nitrogens with one attached hydrogen (secondary N) is 1. The van der Waals surface area contributed by atoms with Crippen LogP contribution >= 0.6 is 0 Å².